The molecule has 0 aliphatic rings. The summed E-state index contributed by atoms with van der Waals surface area (Å²) in [6.07, 6.45) is 0.207. The first-order valence-electron chi connectivity index (χ1n) is 3.45. The third kappa shape index (κ3) is 3.49. The predicted octanol–water partition coefficient (Wildman–Crippen LogP) is -0.926. The lowest BCUT2D eigenvalue weighted by atomic mass is 10.1. The zero-order chi connectivity index (χ0) is 9.72. The molecule has 0 saturated carbocycles. The van der Waals surface area contributed by atoms with Gasteiger partial charge in [0, 0.05) is 0 Å². The van der Waals surface area contributed by atoms with Gasteiger partial charge in [0.05, 0.1) is 0 Å². The van der Waals surface area contributed by atoms with Crippen molar-refractivity contribution in [1.82, 2.24) is 5.43 Å². The van der Waals surface area contributed by atoms with E-state index in [9.17, 15) is 13.2 Å². The molecule has 0 atom stereocenters. The van der Waals surface area contributed by atoms with Crippen LogP contribution in [0.25, 0.3) is 0 Å². The molecule has 0 bridgehead atoms. The molecule has 0 unspecified atom stereocenters. The number of rotatable bonds is 3. The van der Waals surface area contributed by atoms with E-state index in [0.717, 1.165) is 0 Å². The number of amides is 1. The van der Waals surface area contributed by atoms with Crippen LogP contribution in [0.5, 0.6) is 0 Å². The number of hydrogen-bond acceptors (Lipinski definition) is 4. The molecule has 0 aromatic carbocycles. The highest BCUT2D eigenvalue weighted by atomic mass is 32.2. The van der Waals surface area contributed by atoms with E-state index in [1.807, 2.05) is 13.8 Å². The van der Waals surface area contributed by atoms with Crippen LogP contribution in [0.4, 0.5) is 0 Å². The third-order valence-corrected chi connectivity index (χ3v) is 1.93. The Morgan fingerprint density at radius 2 is 2.00 bits per heavy atom. The molecule has 0 spiro atoms. The minimum atomic E-state index is -2.48. The summed E-state index contributed by atoms with van der Waals surface area (Å²) in [5.74, 6) is 4.16. The van der Waals surface area contributed by atoms with Crippen LogP contribution in [0.15, 0.2) is 0 Å². The van der Waals surface area contributed by atoms with E-state index in [4.69, 9.17) is 5.84 Å². The molecule has 0 saturated heterocycles. The summed E-state index contributed by atoms with van der Waals surface area (Å²) in [5.41, 5.74) is 1.78. The first-order chi connectivity index (χ1) is 5.49. The van der Waals surface area contributed by atoms with Gasteiger partial charge in [-0.15, -0.1) is 0 Å². The van der Waals surface area contributed by atoms with Gasteiger partial charge < -0.3 is 0 Å². The number of hydrazine groups is 1. The minimum absolute atomic E-state index is 0.107. The molecule has 12 heavy (non-hydrogen) atoms. The van der Waals surface area contributed by atoms with E-state index in [0.29, 0.717) is 0 Å². The average molecular weight is 192 g/mol. The third-order valence-electron chi connectivity index (χ3n) is 1.18. The minimum Gasteiger partial charge on any atom is -0.290 e. The van der Waals surface area contributed by atoms with E-state index < -0.39 is 16.2 Å². The Kier molecular flexibility index (Phi) is 4.53. The van der Waals surface area contributed by atoms with Gasteiger partial charge in [-0.25, -0.2) is 5.84 Å². The van der Waals surface area contributed by atoms with Crippen molar-refractivity contribution in [2.75, 3.05) is 0 Å². The summed E-state index contributed by atoms with van der Waals surface area (Å²) in [6.45, 7) is 3.63. The van der Waals surface area contributed by atoms with Crippen molar-refractivity contribution in [1.29, 1.82) is 0 Å². The van der Waals surface area contributed by atoms with Gasteiger partial charge in [-0.1, -0.05) is 13.8 Å². The van der Waals surface area contributed by atoms with Crippen LogP contribution in [0.1, 0.15) is 20.3 Å². The number of carbonyl (C=O) groups excluding carboxylic acids is 1. The molecule has 6 heteroatoms. The van der Waals surface area contributed by atoms with Gasteiger partial charge >= 0.3 is 0 Å². The Labute approximate surface area is 72.4 Å². The molecule has 0 aliphatic heterocycles. The fourth-order valence-corrected chi connectivity index (χ4v) is 1.37. The van der Waals surface area contributed by atoms with Crippen LogP contribution in [0.3, 0.4) is 0 Å². The molecule has 0 aromatic rings. The summed E-state index contributed by atoms with van der Waals surface area (Å²) < 4.78 is 21.0. The molecular formula is C6H12N2O3S. The molecule has 0 rings (SSSR count). The molecule has 1 amide bonds. The van der Waals surface area contributed by atoms with Gasteiger partial charge in [0.25, 0.3) is 5.91 Å². The molecule has 0 radical (unpaired) electrons. The second kappa shape index (κ2) is 4.89. The Morgan fingerprint density at radius 3 is 2.25 bits per heavy atom. The van der Waals surface area contributed by atoms with E-state index in [1.165, 1.54) is 0 Å². The van der Waals surface area contributed by atoms with Gasteiger partial charge in [-0.2, -0.15) is 8.42 Å². The highest BCUT2D eigenvalue weighted by molar-refractivity contribution is 7.74. The van der Waals surface area contributed by atoms with E-state index in [1.54, 1.807) is 5.43 Å². The summed E-state index contributed by atoms with van der Waals surface area (Å²) in [7, 11) is -2.48. The summed E-state index contributed by atoms with van der Waals surface area (Å²) >= 11 is 0. The largest absolute Gasteiger partial charge is 0.290 e. The van der Waals surface area contributed by atoms with Gasteiger partial charge in [0.2, 0.25) is 10.3 Å². The van der Waals surface area contributed by atoms with E-state index >= 15 is 0 Å². The Bertz CT molecular complexity index is 284. The van der Waals surface area contributed by atoms with E-state index in [2.05, 4.69) is 0 Å². The lowest BCUT2D eigenvalue weighted by molar-refractivity contribution is -0.114. The Morgan fingerprint density at radius 1 is 1.50 bits per heavy atom. The predicted molar refractivity (Wildman–Crippen MR) is 45.7 cm³/mol. The molecular weight excluding hydrogens is 180 g/mol. The maximum absolute atomic E-state index is 10.8. The zero-order valence-electron chi connectivity index (χ0n) is 6.99. The van der Waals surface area contributed by atoms with Crippen molar-refractivity contribution < 1.29 is 13.2 Å². The summed E-state index contributed by atoms with van der Waals surface area (Å²) in [6, 6.07) is 0. The average Bonchev–Trinajstić information content (AvgIpc) is 1.98. The van der Waals surface area contributed by atoms with Crippen molar-refractivity contribution >= 4 is 21.1 Å². The lowest BCUT2D eigenvalue weighted by Gasteiger charge is -2.03. The van der Waals surface area contributed by atoms with Crippen molar-refractivity contribution in [3.8, 4) is 0 Å². The molecule has 3 N–H and O–H groups in total. The SMILES string of the molecule is CC(C)CC(C(=O)NN)=S(=O)=O. The maximum atomic E-state index is 10.8. The Hall–Kier alpha value is -0.880. The standard InChI is InChI=1S/C6H12N2O3S/c1-4(2)3-5(12(10)11)6(9)8-7/h4H,3,7H2,1-2H3,(H,8,9). The van der Waals surface area contributed by atoms with Crippen LogP contribution in [-0.4, -0.2) is 19.2 Å². The van der Waals surface area contributed by atoms with Gasteiger partial charge in [-0.3, -0.25) is 10.2 Å². The highest BCUT2D eigenvalue weighted by Gasteiger charge is 2.13. The molecule has 0 aliphatic carbocycles. The molecule has 70 valence electrons. The summed E-state index contributed by atoms with van der Waals surface area (Å²) in [4.78, 5) is 10.6. The molecule has 0 fully saturated rings. The summed E-state index contributed by atoms with van der Waals surface area (Å²) in [5, 5.41) is 0. The molecule has 5 nitrogen and oxygen atoms in total. The van der Waals surface area contributed by atoms with Crippen LogP contribution < -0.4 is 11.3 Å². The van der Waals surface area contributed by atoms with Crippen LogP contribution in [0, 0.1) is 5.92 Å². The fraction of sp³-hybridized carbons (Fsp3) is 0.667. The van der Waals surface area contributed by atoms with Crippen molar-refractivity contribution in [3.05, 3.63) is 0 Å². The second-order valence-corrected chi connectivity index (χ2v) is 3.69. The maximum Gasteiger partial charge on any atom is 0.276 e. The normalized spacial score (nSPS) is 9.67. The Balaban J connectivity index is 4.73. The lowest BCUT2D eigenvalue weighted by Crippen LogP contribution is -2.37. The second-order valence-electron chi connectivity index (χ2n) is 2.73. The van der Waals surface area contributed by atoms with E-state index in [-0.39, 0.29) is 17.2 Å². The van der Waals surface area contributed by atoms with Gasteiger partial charge in [0.15, 0.2) is 0 Å². The van der Waals surface area contributed by atoms with Crippen molar-refractivity contribution in [2.45, 2.75) is 20.3 Å². The van der Waals surface area contributed by atoms with Crippen molar-refractivity contribution in [2.24, 2.45) is 11.8 Å². The van der Waals surface area contributed by atoms with Crippen LogP contribution in [-0.2, 0) is 15.1 Å². The highest BCUT2D eigenvalue weighted by Crippen LogP contribution is 2.00. The molecule has 0 heterocycles. The number of nitrogens with one attached hydrogen (secondary N) is 1. The fourth-order valence-electron chi connectivity index (χ4n) is 0.688. The molecule has 0 aromatic heterocycles. The van der Waals surface area contributed by atoms with Crippen LogP contribution >= 0.6 is 0 Å². The smallest absolute Gasteiger partial charge is 0.276 e. The quantitative estimate of drug-likeness (QED) is 0.262. The van der Waals surface area contributed by atoms with Crippen LogP contribution in [0.2, 0.25) is 0 Å². The zero-order valence-corrected chi connectivity index (χ0v) is 7.81. The van der Waals surface area contributed by atoms with Crippen molar-refractivity contribution in [3.63, 3.8) is 0 Å². The van der Waals surface area contributed by atoms with Gasteiger partial charge in [-0.05, 0) is 12.3 Å². The topological polar surface area (TPSA) is 89.3 Å². The number of carbonyl (C=O) groups is 1. The monoisotopic (exact) mass is 192 g/mol. The number of hydrogen-bond donors (Lipinski definition) is 2. The number of nitrogens with two attached hydrogens (primary N) is 1. The first-order valence-corrected chi connectivity index (χ1v) is 4.52. The first kappa shape index (κ1) is 11.1. The van der Waals surface area contributed by atoms with Gasteiger partial charge in [0.1, 0.15) is 4.86 Å².